The Bertz CT molecular complexity index is 526. The second-order valence-corrected chi connectivity index (χ2v) is 3.71. The van der Waals surface area contributed by atoms with Gasteiger partial charge < -0.3 is 20.3 Å². The zero-order chi connectivity index (χ0) is 13.0. The molecule has 3 N–H and O–H groups in total. The summed E-state index contributed by atoms with van der Waals surface area (Å²) in [7, 11) is 1.53. The fourth-order valence-corrected chi connectivity index (χ4v) is 1.45. The summed E-state index contributed by atoms with van der Waals surface area (Å²) in [6.45, 7) is 2.43. The molecule has 2 rings (SSSR count). The number of rotatable bonds is 5. The van der Waals surface area contributed by atoms with Crippen LogP contribution in [0.2, 0.25) is 0 Å². The van der Waals surface area contributed by atoms with Crippen molar-refractivity contribution in [3.05, 3.63) is 23.8 Å². The Labute approximate surface area is 104 Å². The van der Waals surface area contributed by atoms with Gasteiger partial charge in [0.05, 0.1) is 12.8 Å². The SMILES string of the molecule is COc1nc(NCCc2nc(C)no2)ccc1N. The molecule has 0 bridgehead atoms. The lowest BCUT2D eigenvalue weighted by Crippen LogP contribution is -2.07. The summed E-state index contributed by atoms with van der Waals surface area (Å²) in [5.41, 5.74) is 6.18. The molecule has 0 aliphatic carbocycles. The standard InChI is InChI=1S/C11H15N5O2/c1-7-14-10(18-16-7)5-6-13-9-4-3-8(12)11(15-9)17-2/h3-4H,5-6,12H2,1-2H3,(H,13,15). The maximum atomic E-state index is 5.67. The first kappa shape index (κ1) is 12.2. The number of hydrogen-bond acceptors (Lipinski definition) is 7. The summed E-state index contributed by atoms with van der Waals surface area (Å²) >= 11 is 0. The summed E-state index contributed by atoms with van der Waals surface area (Å²) < 4.78 is 10.0. The number of hydrogen-bond donors (Lipinski definition) is 2. The maximum absolute atomic E-state index is 5.67. The number of aryl methyl sites for hydroxylation is 1. The zero-order valence-electron chi connectivity index (χ0n) is 10.3. The molecule has 96 valence electrons. The summed E-state index contributed by atoms with van der Waals surface area (Å²) in [6.07, 6.45) is 0.634. The molecule has 0 aliphatic heterocycles. The van der Waals surface area contributed by atoms with Gasteiger partial charge in [0.1, 0.15) is 5.82 Å². The predicted octanol–water partition coefficient (Wildman–Crippen LogP) is 1.02. The van der Waals surface area contributed by atoms with Gasteiger partial charge in [-0.25, -0.2) is 0 Å². The van der Waals surface area contributed by atoms with Gasteiger partial charge in [-0.1, -0.05) is 5.16 Å². The Morgan fingerprint density at radius 3 is 2.89 bits per heavy atom. The van der Waals surface area contributed by atoms with Crippen molar-refractivity contribution in [3.63, 3.8) is 0 Å². The topological polar surface area (TPSA) is 99.1 Å². The van der Waals surface area contributed by atoms with E-state index in [1.165, 1.54) is 7.11 Å². The summed E-state index contributed by atoms with van der Waals surface area (Å²) in [5, 5.41) is 6.85. The third kappa shape index (κ3) is 2.88. The molecule has 0 saturated heterocycles. The molecular weight excluding hydrogens is 234 g/mol. The van der Waals surface area contributed by atoms with Crippen LogP contribution in [-0.4, -0.2) is 28.8 Å². The quantitative estimate of drug-likeness (QED) is 0.816. The van der Waals surface area contributed by atoms with E-state index in [0.29, 0.717) is 42.1 Å². The van der Waals surface area contributed by atoms with Crippen molar-refractivity contribution >= 4 is 11.5 Å². The largest absolute Gasteiger partial charge is 0.479 e. The highest BCUT2D eigenvalue weighted by Gasteiger charge is 2.04. The monoisotopic (exact) mass is 249 g/mol. The molecule has 2 heterocycles. The molecule has 18 heavy (non-hydrogen) atoms. The van der Waals surface area contributed by atoms with Crippen molar-refractivity contribution in [2.75, 3.05) is 24.7 Å². The first-order chi connectivity index (χ1) is 8.69. The Morgan fingerprint density at radius 2 is 2.22 bits per heavy atom. The van der Waals surface area contributed by atoms with Crippen molar-refractivity contribution in [1.29, 1.82) is 0 Å². The minimum Gasteiger partial charge on any atom is -0.479 e. The normalized spacial score (nSPS) is 10.3. The fraction of sp³-hybridized carbons (Fsp3) is 0.364. The minimum absolute atomic E-state index is 0.411. The van der Waals surface area contributed by atoms with Crippen molar-refractivity contribution in [2.24, 2.45) is 0 Å². The Hall–Kier alpha value is -2.31. The Balaban J connectivity index is 1.90. The average Bonchev–Trinajstić information content (AvgIpc) is 2.77. The van der Waals surface area contributed by atoms with E-state index in [4.69, 9.17) is 15.0 Å². The number of nitrogen functional groups attached to an aromatic ring is 1. The zero-order valence-corrected chi connectivity index (χ0v) is 10.3. The summed E-state index contributed by atoms with van der Waals surface area (Å²) in [6, 6.07) is 3.53. The van der Waals surface area contributed by atoms with Crippen LogP contribution < -0.4 is 15.8 Å². The molecule has 0 amide bonds. The summed E-state index contributed by atoms with van der Waals surface area (Å²) in [4.78, 5) is 8.31. The van der Waals surface area contributed by atoms with Crippen LogP contribution in [0.1, 0.15) is 11.7 Å². The molecule has 2 aromatic rings. The highest BCUT2D eigenvalue weighted by Crippen LogP contribution is 2.19. The van der Waals surface area contributed by atoms with Gasteiger partial charge in [-0.2, -0.15) is 9.97 Å². The highest BCUT2D eigenvalue weighted by molar-refractivity contribution is 5.53. The number of nitrogens with zero attached hydrogens (tertiary/aromatic N) is 3. The number of pyridine rings is 1. The van der Waals surface area contributed by atoms with Gasteiger partial charge in [-0.15, -0.1) is 0 Å². The molecule has 0 spiro atoms. The molecular formula is C11H15N5O2. The predicted molar refractivity (Wildman–Crippen MR) is 66.4 cm³/mol. The van der Waals surface area contributed by atoms with E-state index in [-0.39, 0.29) is 0 Å². The van der Waals surface area contributed by atoms with Crippen LogP contribution >= 0.6 is 0 Å². The molecule has 0 aromatic carbocycles. The van der Waals surface area contributed by atoms with Gasteiger partial charge >= 0.3 is 0 Å². The number of anilines is 2. The van der Waals surface area contributed by atoms with E-state index < -0.39 is 0 Å². The van der Waals surface area contributed by atoms with Crippen LogP contribution in [0.5, 0.6) is 5.88 Å². The van der Waals surface area contributed by atoms with Gasteiger partial charge in [0, 0.05) is 13.0 Å². The molecule has 7 nitrogen and oxygen atoms in total. The average molecular weight is 249 g/mol. The molecule has 0 atom stereocenters. The molecule has 0 fully saturated rings. The number of aromatic nitrogens is 3. The lowest BCUT2D eigenvalue weighted by molar-refractivity contribution is 0.377. The van der Waals surface area contributed by atoms with Crippen LogP contribution in [0, 0.1) is 6.92 Å². The van der Waals surface area contributed by atoms with Crippen LogP contribution in [0.15, 0.2) is 16.7 Å². The molecule has 0 unspecified atom stereocenters. The van der Waals surface area contributed by atoms with Crippen LogP contribution in [0.4, 0.5) is 11.5 Å². The van der Waals surface area contributed by atoms with Crippen molar-refractivity contribution < 1.29 is 9.26 Å². The van der Waals surface area contributed by atoms with E-state index in [2.05, 4.69) is 20.4 Å². The van der Waals surface area contributed by atoms with Gasteiger partial charge in [0.15, 0.2) is 5.82 Å². The Morgan fingerprint density at radius 1 is 1.39 bits per heavy atom. The molecule has 0 radical (unpaired) electrons. The molecule has 2 aromatic heterocycles. The maximum Gasteiger partial charge on any atom is 0.238 e. The smallest absolute Gasteiger partial charge is 0.238 e. The van der Waals surface area contributed by atoms with Crippen LogP contribution in [0.25, 0.3) is 0 Å². The van der Waals surface area contributed by atoms with Gasteiger partial charge in [0.25, 0.3) is 0 Å². The first-order valence-corrected chi connectivity index (χ1v) is 5.52. The van der Waals surface area contributed by atoms with Gasteiger partial charge in [-0.3, -0.25) is 0 Å². The van der Waals surface area contributed by atoms with E-state index >= 15 is 0 Å². The third-order valence-corrected chi connectivity index (χ3v) is 2.30. The van der Waals surface area contributed by atoms with E-state index in [9.17, 15) is 0 Å². The van der Waals surface area contributed by atoms with Gasteiger partial charge in [0.2, 0.25) is 11.8 Å². The third-order valence-electron chi connectivity index (χ3n) is 2.30. The fourth-order valence-electron chi connectivity index (χ4n) is 1.45. The number of nitrogens with one attached hydrogen (secondary N) is 1. The number of methoxy groups -OCH3 is 1. The second-order valence-electron chi connectivity index (χ2n) is 3.71. The van der Waals surface area contributed by atoms with E-state index in [1.807, 2.05) is 0 Å². The number of nitrogens with two attached hydrogens (primary N) is 1. The molecule has 0 saturated carbocycles. The second kappa shape index (κ2) is 5.35. The van der Waals surface area contributed by atoms with Gasteiger partial charge in [-0.05, 0) is 19.1 Å². The van der Waals surface area contributed by atoms with Crippen molar-refractivity contribution in [2.45, 2.75) is 13.3 Å². The van der Waals surface area contributed by atoms with Crippen LogP contribution in [-0.2, 0) is 6.42 Å². The molecule has 7 heteroatoms. The van der Waals surface area contributed by atoms with Crippen LogP contribution in [0.3, 0.4) is 0 Å². The number of ether oxygens (including phenoxy) is 1. The summed E-state index contributed by atoms with van der Waals surface area (Å²) in [5.74, 6) is 2.34. The van der Waals surface area contributed by atoms with E-state index in [1.54, 1.807) is 19.1 Å². The van der Waals surface area contributed by atoms with E-state index in [0.717, 1.165) is 0 Å². The first-order valence-electron chi connectivity index (χ1n) is 5.52. The minimum atomic E-state index is 0.411. The Kier molecular flexibility index (Phi) is 3.61. The lowest BCUT2D eigenvalue weighted by Gasteiger charge is -2.07. The van der Waals surface area contributed by atoms with Crippen molar-refractivity contribution in [1.82, 2.24) is 15.1 Å². The lowest BCUT2D eigenvalue weighted by atomic mass is 10.3. The van der Waals surface area contributed by atoms with Crippen molar-refractivity contribution in [3.8, 4) is 5.88 Å². The molecule has 0 aliphatic rings. The highest BCUT2D eigenvalue weighted by atomic mass is 16.5.